The third-order valence-corrected chi connectivity index (χ3v) is 9.38. The Morgan fingerprint density at radius 1 is 0.438 bits per heavy atom. The molecule has 0 aromatic heterocycles. The topological polar surface area (TPSA) is 18.5 Å². The van der Waals surface area contributed by atoms with Gasteiger partial charge in [0.1, 0.15) is 0 Å². The molecular weight excluding hydrogens is 408 g/mol. The second-order valence-corrected chi connectivity index (χ2v) is 15.5. The summed E-state index contributed by atoms with van der Waals surface area (Å²) >= 11 is 0. The van der Waals surface area contributed by atoms with Gasteiger partial charge in [-0.25, -0.2) is 0 Å². The average molecular weight is 471 g/mol. The molecule has 0 spiro atoms. The van der Waals surface area contributed by atoms with Crippen molar-refractivity contribution in [3.63, 3.8) is 0 Å². The van der Waals surface area contributed by atoms with Crippen LogP contribution in [0.3, 0.4) is 0 Å². The minimum absolute atomic E-state index is 0.125. The smallest absolute Gasteiger partial charge is 0.335 e. The Balaban J connectivity index is 3.59. The fourth-order valence-corrected chi connectivity index (χ4v) is 8.49. The van der Waals surface area contributed by atoms with Gasteiger partial charge in [0.25, 0.3) is 0 Å². The maximum atomic E-state index is 6.45. The van der Waals surface area contributed by atoms with E-state index in [1.54, 1.807) is 0 Å². The molecular formula is C29H62O2Si. The van der Waals surface area contributed by atoms with Crippen LogP contribution in [0.4, 0.5) is 0 Å². The maximum absolute atomic E-state index is 6.45. The molecule has 0 saturated heterocycles. The summed E-state index contributed by atoms with van der Waals surface area (Å²) in [5.41, 5.74) is -0.249. The predicted molar refractivity (Wildman–Crippen MR) is 147 cm³/mol. The Labute approximate surface area is 205 Å². The van der Waals surface area contributed by atoms with Crippen LogP contribution in [-0.4, -0.2) is 19.8 Å². The first kappa shape index (κ1) is 32.1. The van der Waals surface area contributed by atoms with Gasteiger partial charge >= 0.3 is 8.56 Å². The summed E-state index contributed by atoms with van der Waals surface area (Å²) in [4.78, 5) is 0. The van der Waals surface area contributed by atoms with Gasteiger partial charge in [0.05, 0.1) is 11.2 Å². The van der Waals surface area contributed by atoms with Crippen LogP contribution < -0.4 is 0 Å². The van der Waals surface area contributed by atoms with Crippen LogP contribution in [-0.2, 0) is 8.85 Å². The van der Waals surface area contributed by atoms with Crippen LogP contribution in [0.2, 0.25) is 12.6 Å². The van der Waals surface area contributed by atoms with Gasteiger partial charge in [-0.05, 0) is 54.1 Å². The molecule has 2 nitrogen and oxygen atoms in total. The zero-order valence-electron chi connectivity index (χ0n) is 23.8. The highest BCUT2D eigenvalue weighted by molar-refractivity contribution is 6.66. The van der Waals surface area contributed by atoms with Crippen molar-refractivity contribution in [3.8, 4) is 0 Å². The van der Waals surface area contributed by atoms with Gasteiger partial charge in [-0.2, -0.15) is 0 Å². The third-order valence-electron chi connectivity index (χ3n) is 6.03. The molecule has 0 heterocycles. The van der Waals surface area contributed by atoms with E-state index < -0.39 is 8.56 Å². The minimum Gasteiger partial charge on any atom is -0.389 e. The van der Waals surface area contributed by atoms with Gasteiger partial charge in [0.2, 0.25) is 0 Å². The first-order chi connectivity index (χ1) is 15.0. The molecule has 0 aliphatic rings. The summed E-state index contributed by atoms with van der Waals surface area (Å²) in [6.07, 6.45) is 25.6. The molecule has 0 rings (SSSR count). The highest BCUT2D eigenvalue weighted by atomic mass is 28.4. The first-order valence-corrected chi connectivity index (χ1v) is 16.9. The van der Waals surface area contributed by atoms with Crippen molar-refractivity contribution in [1.82, 2.24) is 0 Å². The fourth-order valence-electron chi connectivity index (χ4n) is 4.77. The van der Waals surface area contributed by atoms with Crippen LogP contribution in [0.25, 0.3) is 0 Å². The van der Waals surface area contributed by atoms with Gasteiger partial charge in [0, 0.05) is 0 Å². The third kappa shape index (κ3) is 23.3. The SMILES string of the molecule is CCCCCCCCCCCCCCCCCCCC[Si](C)(OC(C)(C)C)OC(C)(C)C. The zero-order chi connectivity index (χ0) is 24.3. The van der Waals surface area contributed by atoms with Crippen molar-refractivity contribution in [3.05, 3.63) is 0 Å². The number of unbranched alkanes of at least 4 members (excludes halogenated alkanes) is 17. The van der Waals surface area contributed by atoms with E-state index in [1.807, 2.05) is 0 Å². The molecule has 0 radical (unpaired) electrons. The number of rotatable bonds is 21. The lowest BCUT2D eigenvalue weighted by Crippen LogP contribution is -2.49. The number of hydrogen-bond acceptors (Lipinski definition) is 2. The monoisotopic (exact) mass is 470 g/mol. The van der Waals surface area contributed by atoms with Gasteiger partial charge in [-0.3, -0.25) is 0 Å². The van der Waals surface area contributed by atoms with Crippen LogP contribution >= 0.6 is 0 Å². The van der Waals surface area contributed by atoms with Gasteiger partial charge in [-0.15, -0.1) is 0 Å². The molecule has 0 aliphatic carbocycles. The maximum Gasteiger partial charge on any atom is 0.335 e. The van der Waals surface area contributed by atoms with Gasteiger partial charge < -0.3 is 8.85 Å². The molecule has 0 bridgehead atoms. The quantitative estimate of drug-likeness (QED) is 0.123. The molecule has 0 saturated carbocycles. The van der Waals surface area contributed by atoms with E-state index in [9.17, 15) is 0 Å². The molecule has 0 amide bonds. The number of hydrogen-bond donors (Lipinski definition) is 0. The summed E-state index contributed by atoms with van der Waals surface area (Å²) in [6, 6.07) is 1.11. The van der Waals surface area contributed by atoms with Crippen molar-refractivity contribution >= 4 is 8.56 Å². The molecule has 32 heavy (non-hydrogen) atoms. The molecule has 0 N–H and O–H groups in total. The summed E-state index contributed by atoms with van der Waals surface area (Å²) in [5.74, 6) is 0. The molecule has 0 atom stereocenters. The lowest BCUT2D eigenvalue weighted by molar-refractivity contribution is 0.0173. The summed E-state index contributed by atoms with van der Waals surface area (Å²) in [7, 11) is -2.13. The lowest BCUT2D eigenvalue weighted by atomic mass is 10.0. The van der Waals surface area contributed by atoms with Crippen molar-refractivity contribution in [2.24, 2.45) is 0 Å². The van der Waals surface area contributed by atoms with Crippen molar-refractivity contribution in [1.29, 1.82) is 0 Å². The fraction of sp³-hybridized carbons (Fsp3) is 1.00. The molecule has 0 aromatic carbocycles. The Bertz CT molecular complexity index is 392. The van der Waals surface area contributed by atoms with E-state index in [-0.39, 0.29) is 11.2 Å². The summed E-state index contributed by atoms with van der Waals surface area (Å²) < 4.78 is 12.9. The van der Waals surface area contributed by atoms with Gasteiger partial charge in [0.15, 0.2) is 0 Å². The molecule has 0 aromatic rings. The average Bonchev–Trinajstić information content (AvgIpc) is 2.64. The second-order valence-electron chi connectivity index (χ2n) is 12.3. The molecule has 0 fully saturated rings. The van der Waals surface area contributed by atoms with Crippen LogP contribution in [0.1, 0.15) is 164 Å². The molecule has 194 valence electrons. The van der Waals surface area contributed by atoms with Crippen LogP contribution in [0, 0.1) is 0 Å². The highest BCUT2D eigenvalue weighted by Crippen LogP contribution is 2.28. The van der Waals surface area contributed by atoms with Crippen molar-refractivity contribution < 1.29 is 8.85 Å². The molecule has 3 heteroatoms. The van der Waals surface area contributed by atoms with Crippen LogP contribution in [0.5, 0.6) is 0 Å². The van der Waals surface area contributed by atoms with E-state index in [0.717, 1.165) is 6.04 Å². The van der Waals surface area contributed by atoms with E-state index in [4.69, 9.17) is 8.85 Å². The minimum atomic E-state index is -2.13. The van der Waals surface area contributed by atoms with Crippen LogP contribution in [0.15, 0.2) is 0 Å². The zero-order valence-corrected chi connectivity index (χ0v) is 24.8. The summed E-state index contributed by atoms with van der Waals surface area (Å²) in [6.45, 7) is 17.5. The van der Waals surface area contributed by atoms with Crippen molar-refractivity contribution in [2.45, 2.75) is 188 Å². The van der Waals surface area contributed by atoms with E-state index >= 15 is 0 Å². The predicted octanol–water partition coefficient (Wildman–Crippen LogP) is 10.7. The lowest BCUT2D eigenvalue weighted by Gasteiger charge is -2.39. The Morgan fingerprint density at radius 3 is 0.938 bits per heavy atom. The Morgan fingerprint density at radius 2 is 0.688 bits per heavy atom. The highest BCUT2D eigenvalue weighted by Gasteiger charge is 2.38. The van der Waals surface area contributed by atoms with E-state index in [1.165, 1.54) is 116 Å². The first-order valence-electron chi connectivity index (χ1n) is 14.4. The Hall–Kier alpha value is 0.137. The Kier molecular flexibility index (Phi) is 18.5. The molecule has 0 unspecified atom stereocenters. The van der Waals surface area contributed by atoms with Crippen molar-refractivity contribution in [2.75, 3.05) is 0 Å². The van der Waals surface area contributed by atoms with Gasteiger partial charge in [-0.1, -0.05) is 122 Å². The van der Waals surface area contributed by atoms with E-state index in [0.29, 0.717) is 0 Å². The second kappa shape index (κ2) is 18.5. The normalized spacial score (nSPS) is 13.1. The largest absolute Gasteiger partial charge is 0.389 e. The molecule has 0 aliphatic heterocycles. The van der Waals surface area contributed by atoms with E-state index in [2.05, 4.69) is 55.0 Å². The summed E-state index contributed by atoms with van der Waals surface area (Å²) in [5, 5.41) is 0. The standard InChI is InChI=1S/C29H62O2Si/c1-9-10-11-12-13-14-15-16-17-18-19-20-21-22-23-24-25-26-27-32(8,30-28(2,3)4)31-29(5,6)7/h9-27H2,1-8H3.